The van der Waals surface area contributed by atoms with E-state index in [1.807, 2.05) is 37.3 Å². The minimum Gasteiger partial charge on any atom is -0.465 e. The first-order chi connectivity index (χ1) is 11.5. The van der Waals surface area contributed by atoms with Crippen LogP contribution < -0.4 is 5.32 Å². The van der Waals surface area contributed by atoms with Crippen molar-refractivity contribution < 1.29 is 14.3 Å². The van der Waals surface area contributed by atoms with Gasteiger partial charge in [-0.3, -0.25) is 14.6 Å². The molecule has 128 valence electrons. The number of ether oxygens (including phenoxy) is 1. The second kappa shape index (κ2) is 8.43. The zero-order valence-electron chi connectivity index (χ0n) is 14.5. The highest BCUT2D eigenvalue weighted by atomic mass is 16.5. The number of anilines is 1. The van der Waals surface area contributed by atoms with Crippen LogP contribution in [0.15, 0.2) is 30.3 Å². The molecule has 2 rings (SSSR count). The zero-order valence-corrected chi connectivity index (χ0v) is 14.5. The summed E-state index contributed by atoms with van der Waals surface area (Å²) in [5.74, 6) is -0.367. The second-order valence-electron chi connectivity index (χ2n) is 6.16. The summed E-state index contributed by atoms with van der Waals surface area (Å²) in [4.78, 5) is 27.9. The molecule has 0 atom stereocenters. The third kappa shape index (κ3) is 5.05. The summed E-state index contributed by atoms with van der Waals surface area (Å²) >= 11 is 0. The second-order valence-corrected chi connectivity index (χ2v) is 6.16. The SMILES string of the molecule is Cc1ccc2cccc(NC(=O)CCCCOC(=O)C(C)C)c2n1. The van der Waals surface area contributed by atoms with Gasteiger partial charge in [-0.05, 0) is 31.9 Å². The number of fused-ring (bicyclic) bond motifs is 1. The highest BCUT2D eigenvalue weighted by molar-refractivity contribution is 6.00. The van der Waals surface area contributed by atoms with Gasteiger partial charge in [0.1, 0.15) is 0 Å². The van der Waals surface area contributed by atoms with Gasteiger partial charge in [-0.15, -0.1) is 0 Å². The van der Waals surface area contributed by atoms with Crippen LogP contribution in [0, 0.1) is 12.8 Å². The Balaban J connectivity index is 1.83. The number of carbonyl (C=O) groups excluding carboxylic acids is 2. The average Bonchev–Trinajstić information content (AvgIpc) is 2.54. The lowest BCUT2D eigenvalue weighted by Gasteiger charge is -2.09. The number of nitrogens with zero attached hydrogens (tertiary/aromatic N) is 1. The molecule has 0 bridgehead atoms. The number of nitrogens with one attached hydrogen (secondary N) is 1. The third-order valence-electron chi connectivity index (χ3n) is 3.65. The Morgan fingerprint density at radius 1 is 1.17 bits per heavy atom. The van der Waals surface area contributed by atoms with Crippen LogP contribution in [0.25, 0.3) is 10.9 Å². The van der Waals surface area contributed by atoms with Crippen LogP contribution in [0.1, 0.15) is 38.8 Å². The van der Waals surface area contributed by atoms with E-state index in [-0.39, 0.29) is 17.8 Å². The van der Waals surface area contributed by atoms with Crippen LogP contribution in [0.5, 0.6) is 0 Å². The summed E-state index contributed by atoms with van der Waals surface area (Å²) in [7, 11) is 0. The molecule has 0 spiro atoms. The van der Waals surface area contributed by atoms with Gasteiger partial charge in [0.2, 0.25) is 5.91 Å². The standard InChI is InChI=1S/C19H24N2O3/c1-13(2)19(23)24-12-5-4-9-17(22)21-16-8-6-7-15-11-10-14(3)20-18(15)16/h6-8,10-11,13H,4-5,9,12H2,1-3H3,(H,21,22). The molecule has 1 N–H and O–H groups in total. The van der Waals surface area contributed by atoms with Crippen molar-refractivity contribution in [1.29, 1.82) is 0 Å². The lowest BCUT2D eigenvalue weighted by molar-refractivity contribution is -0.147. The molecule has 1 amide bonds. The average molecular weight is 328 g/mol. The molecule has 1 aromatic carbocycles. The van der Waals surface area contributed by atoms with Gasteiger partial charge in [0.15, 0.2) is 0 Å². The van der Waals surface area contributed by atoms with E-state index < -0.39 is 0 Å². The lowest BCUT2D eigenvalue weighted by atomic mass is 10.1. The predicted octanol–water partition coefficient (Wildman–Crippen LogP) is 3.85. The Morgan fingerprint density at radius 3 is 2.71 bits per heavy atom. The number of hydrogen-bond acceptors (Lipinski definition) is 4. The van der Waals surface area contributed by atoms with Crippen LogP contribution in [0.3, 0.4) is 0 Å². The molecule has 24 heavy (non-hydrogen) atoms. The molecule has 0 saturated carbocycles. The number of esters is 1. The minimum atomic E-state index is -0.198. The monoisotopic (exact) mass is 328 g/mol. The number of rotatable bonds is 7. The fraction of sp³-hybridized carbons (Fsp3) is 0.421. The van der Waals surface area contributed by atoms with Crippen molar-refractivity contribution >= 4 is 28.5 Å². The smallest absolute Gasteiger partial charge is 0.308 e. The van der Waals surface area contributed by atoms with Gasteiger partial charge in [0, 0.05) is 17.5 Å². The van der Waals surface area contributed by atoms with Crippen LogP contribution >= 0.6 is 0 Å². The number of unbranched alkanes of at least 4 members (excludes halogenated alkanes) is 1. The van der Waals surface area contributed by atoms with Gasteiger partial charge < -0.3 is 10.1 Å². The van der Waals surface area contributed by atoms with E-state index in [1.165, 1.54) is 0 Å². The normalized spacial score (nSPS) is 10.8. The van der Waals surface area contributed by atoms with Crippen molar-refractivity contribution in [3.63, 3.8) is 0 Å². The first kappa shape index (κ1) is 17.9. The Bertz CT molecular complexity index is 726. The summed E-state index contributed by atoms with van der Waals surface area (Å²) in [6.07, 6.45) is 1.74. The number of hydrogen-bond donors (Lipinski definition) is 1. The fourth-order valence-corrected chi connectivity index (χ4v) is 2.29. The molecule has 1 aromatic heterocycles. The third-order valence-corrected chi connectivity index (χ3v) is 3.65. The zero-order chi connectivity index (χ0) is 17.5. The molecule has 0 unspecified atom stereocenters. The summed E-state index contributed by atoms with van der Waals surface area (Å²) in [5, 5.41) is 3.92. The van der Waals surface area contributed by atoms with Gasteiger partial charge in [-0.1, -0.05) is 32.0 Å². The van der Waals surface area contributed by atoms with E-state index in [0.717, 1.165) is 22.3 Å². The van der Waals surface area contributed by atoms with Gasteiger partial charge in [-0.25, -0.2) is 0 Å². The molecule has 0 aliphatic heterocycles. The fourth-order valence-electron chi connectivity index (χ4n) is 2.29. The molecule has 0 saturated heterocycles. The van der Waals surface area contributed by atoms with Crippen molar-refractivity contribution in [2.45, 2.75) is 40.0 Å². The first-order valence-corrected chi connectivity index (χ1v) is 8.30. The van der Waals surface area contributed by atoms with Crippen LogP contribution in [-0.4, -0.2) is 23.5 Å². The van der Waals surface area contributed by atoms with Crippen LogP contribution in [0.2, 0.25) is 0 Å². The molecule has 2 aromatic rings. The number of aryl methyl sites for hydroxylation is 1. The molecule has 1 heterocycles. The highest BCUT2D eigenvalue weighted by Crippen LogP contribution is 2.22. The van der Waals surface area contributed by atoms with Gasteiger partial charge >= 0.3 is 5.97 Å². The highest BCUT2D eigenvalue weighted by Gasteiger charge is 2.09. The molecular formula is C19H24N2O3. The number of pyridine rings is 1. The van der Waals surface area contributed by atoms with Crippen molar-refractivity contribution in [1.82, 2.24) is 4.98 Å². The van der Waals surface area contributed by atoms with Gasteiger partial charge in [0.25, 0.3) is 0 Å². The van der Waals surface area contributed by atoms with E-state index in [1.54, 1.807) is 13.8 Å². The quantitative estimate of drug-likeness (QED) is 0.619. The molecule has 0 aliphatic carbocycles. The summed E-state index contributed by atoms with van der Waals surface area (Å²) in [6.45, 7) is 5.89. The maximum absolute atomic E-state index is 12.1. The minimum absolute atomic E-state index is 0.0546. The Kier molecular flexibility index (Phi) is 6.29. The maximum Gasteiger partial charge on any atom is 0.308 e. The Morgan fingerprint density at radius 2 is 1.96 bits per heavy atom. The first-order valence-electron chi connectivity index (χ1n) is 8.30. The Labute approximate surface area is 142 Å². The lowest BCUT2D eigenvalue weighted by Crippen LogP contribution is -2.14. The van der Waals surface area contributed by atoms with Crippen LogP contribution in [-0.2, 0) is 14.3 Å². The Hall–Kier alpha value is -2.43. The number of amides is 1. The van der Waals surface area contributed by atoms with E-state index in [2.05, 4.69) is 10.3 Å². The van der Waals surface area contributed by atoms with E-state index in [0.29, 0.717) is 25.9 Å². The van der Waals surface area contributed by atoms with Gasteiger partial charge in [-0.2, -0.15) is 0 Å². The number of benzene rings is 1. The van der Waals surface area contributed by atoms with Gasteiger partial charge in [0.05, 0.1) is 23.7 Å². The number of aromatic nitrogens is 1. The van der Waals surface area contributed by atoms with E-state index >= 15 is 0 Å². The van der Waals surface area contributed by atoms with Crippen LogP contribution in [0.4, 0.5) is 5.69 Å². The number of carbonyl (C=O) groups is 2. The summed E-state index contributed by atoms with van der Waals surface area (Å²) < 4.78 is 5.09. The molecule has 0 fully saturated rings. The summed E-state index contributed by atoms with van der Waals surface area (Å²) in [6, 6.07) is 9.68. The maximum atomic E-state index is 12.1. The van der Waals surface area contributed by atoms with Crippen molar-refractivity contribution in [3.8, 4) is 0 Å². The largest absolute Gasteiger partial charge is 0.465 e. The van der Waals surface area contributed by atoms with E-state index in [4.69, 9.17) is 4.74 Å². The topological polar surface area (TPSA) is 68.3 Å². The summed E-state index contributed by atoms with van der Waals surface area (Å²) in [5.41, 5.74) is 2.44. The molecule has 0 aliphatic rings. The van der Waals surface area contributed by atoms with E-state index in [9.17, 15) is 9.59 Å². The van der Waals surface area contributed by atoms with Crippen molar-refractivity contribution in [2.24, 2.45) is 5.92 Å². The predicted molar refractivity (Wildman–Crippen MR) is 94.8 cm³/mol. The molecule has 5 heteroatoms. The molecule has 5 nitrogen and oxygen atoms in total. The number of para-hydroxylation sites is 1. The molecule has 0 radical (unpaired) electrons. The van der Waals surface area contributed by atoms with Crippen molar-refractivity contribution in [3.05, 3.63) is 36.0 Å². The van der Waals surface area contributed by atoms with Crippen molar-refractivity contribution in [2.75, 3.05) is 11.9 Å². The molecular weight excluding hydrogens is 304 g/mol.